The summed E-state index contributed by atoms with van der Waals surface area (Å²) in [5.74, 6) is 0.236. The van der Waals surface area contributed by atoms with Crippen molar-refractivity contribution in [2.24, 2.45) is 0 Å². The van der Waals surface area contributed by atoms with Gasteiger partial charge in [0.05, 0.1) is 12.7 Å². The van der Waals surface area contributed by atoms with Crippen molar-refractivity contribution in [1.82, 2.24) is 0 Å². The van der Waals surface area contributed by atoms with Gasteiger partial charge in [-0.25, -0.2) is 0 Å². The van der Waals surface area contributed by atoms with Gasteiger partial charge in [-0.05, 0) is 42.8 Å². The molecule has 104 valence electrons. The predicted octanol–water partition coefficient (Wildman–Crippen LogP) is 3.60. The molecule has 0 aromatic heterocycles. The Morgan fingerprint density at radius 1 is 1.30 bits per heavy atom. The van der Waals surface area contributed by atoms with Crippen LogP contribution in [0.4, 0.5) is 11.4 Å². The highest BCUT2D eigenvalue weighted by Gasteiger charge is 2.14. The first-order valence-corrected chi connectivity index (χ1v) is 6.82. The number of ether oxygens (including phenoxy) is 1. The van der Waals surface area contributed by atoms with Crippen LogP contribution >= 0.6 is 15.9 Å². The van der Waals surface area contributed by atoms with E-state index in [0.717, 1.165) is 15.7 Å². The van der Waals surface area contributed by atoms with E-state index in [0.29, 0.717) is 17.0 Å². The third-order valence-corrected chi connectivity index (χ3v) is 3.84. The first-order valence-electron chi connectivity index (χ1n) is 6.03. The maximum absolute atomic E-state index is 12.3. The van der Waals surface area contributed by atoms with Crippen molar-refractivity contribution in [3.05, 3.63) is 52.0 Å². The second-order valence-corrected chi connectivity index (χ2v) is 5.18. The number of halogens is 1. The minimum absolute atomic E-state index is 0.254. The number of carbonyl (C=O) groups is 1. The van der Waals surface area contributed by atoms with Gasteiger partial charge < -0.3 is 15.8 Å². The van der Waals surface area contributed by atoms with Crippen LogP contribution in [0.2, 0.25) is 0 Å². The number of anilines is 2. The summed E-state index contributed by atoms with van der Waals surface area (Å²) in [4.78, 5) is 12.3. The highest BCUT2D eigenvalue weighted by Crippen LogP contribution is 2.26. The molecule has 3 N–H and O–H groups in total. The highest BCUT2D eigenvalue weighted by molar-refractivity contribution is 9.10. The van der Waals surface area contributed by atoms with E-state index in [4.69, 9.17) is 10.5 Å². The monoisotopic (exact) mass is 334 g/mol. The summed E-state index contributed by atoms with van der Waals surface area (Å²) in [5.41, 5.74) is 8.36. The standard InChI is InChI=1S/C15H15BrN2O2/c1-9-12(16)4-3-5-13(9)18-15(19)11-8-10(17)6-7-14(11)20-2/h3-8H,17H2,1-2H3,(H,18,19). The van der Waals surface area contributed by atoms with Crippen molar-refractivity contribution in [2.45, 2.75) is 6.92 Å². The predicted molar refractivity (Wildman–Crippen MR) is 84.2 cm³/mol. The lowest BCUT2D eigenvalue weighted by atomic mass is 10.1. The lowest BCUT2D eigenvalue weighted by molar-refractivity contribution is 0.102. The SMILES string of the molecule is COc1ccc(N)cc1C(=O)Nc1cccc(Br)c1C. The molecule has 5 heteroatoms. The van der Waals surface area contributed by atoms with Crippen molar-refractivity contribution in [3.63, 3.8) is 0 Å². The number of hydrogen-bond acceptors (Lipinski definition) is 3. The Hall–Kier alpha value is -2.01. The Bertz CT molecular complexity index is 656. The molecule has 2 rings (SSSR count). The average Bonchev–Trinajstić information content (AvgIpc) is 2.43. The summed E-state index contributed by atoms with van der Waals surface area (Å²) >= 11 is 3.44. The summed E-state index contributed by atoms with van der Waals surface area (Å²) in [6.45, 7) is 1.93. The van der Waals surface area contributed by atoms with E-state index in [1.54, 1.807) is 18.2 Å². The fraction of sp³-hybridized carbons (Fsp3) is 0.133. The van der Waals surface area contributed by atoms with Crippen LogP contribution in [0.15, 0.2) is 40.9 Å². The van der Waals surface area contributed by atoms with E-state index in [2.05, 4.69) is 21.2 Å². The quantitative estimate of drug-likeness (QED) is 0.843. The third-order valence-electron chi connectivity index (χ3n) is 2.98. The summed E-state index contributed by atoms with van der Waals surface area (Å²) in [5, 5.41) is 2.86. The smallest absolute Gasteiger partial charge is 0.259 e. The fourth-order valence-electron chi connectivity index (χ4n) is 1.84. The molecule has 4 nitrogen and oxygen atoms in total. The van der Waals surface area contributed by atoms with Crippen molar-refractivity contribution in [3.8, 4) is 5.75 Å². The first kappa shape index (κ1) is 14.4. The Morgan fingerprint density at radius 2 is 2.05 bits per heavy atom. The van der Waals surface area contributed by atoms with E-state index in [1.165, 1.54) is 7.11 Å². The maximum atomic E-state index is 12.3. The van der Waals surface area contributed by atoms with E-state index in [9.17, 15) is 4.79 Å². The Balaban J connectivity index is 2.33. The molecule has 0 saturated heterocycles. The fourth-order valence-corrected chi connectivity index (χ4v) is 2.20. The van der Waals surface area contributed by atoms with Crippen LogP contribution in [0.5, 0.6) is 5.75 Å². The normalized spacial score (nSPS) is 10.2. The number of hydrogen-bond donors (Lipinski definition) is 2. The second-order valence-electron chi connectivity index (χ2n) is 4.33. The molecule has 0 aliphatic rings. The third kappa shape index (κ3) is 2.93. The van der Waals surface area contributed by atoms with Crippen molar-refractivity contribution in [2.75, 3.05) is 18.2 Å². The number of carbonyl (C=O) groups excluding carboxylic acids is 1. The van der Waals surface area contributed by atoms with Gasteiger partial charge in [-0.3, -0.25) is 4.79 Å². The van der Waals surface area contributed by atoms with E-state index >= 15 is 0 Å². The number of nitrogen functional groups attached to an aromatic ring is 1. The zero-order valence-corrected chi connectivity index (χ0v) is 12.8. The molecule has 0 unspecified atom stereocenters. The van der Waals surface area contributed by atoms with Crippen LogP contribution in [0.3, 0.4) is 0 Å². The van der Waals surface area contributed by atoms with E-state index in [-0.39, 0.29) is 5.91 Å². The van der Waals surface area contributed by atoms with Gasteiger partial charge in [0.15, 0.2) is 0 Å². The zero-order valence-electron chi connectivity index (χ0n) is 11.2. The number of benzene rings is 2. The summed E-state index contributed by atoms with van der Waals surface area (Å²) < 4.78 is 6.13. The van der Waals surface area contributed by atoms with Gasteiger partial charge in [-0.1, -0.05) is 22.0 Å². The Morgan fingerprint density at radius 3 is 2.75 bits per heavy atom. The summed E-state index contributed by atoms with van der Waals surface area (Å²) in [6.07, 6.45) is 0. The Kier molecular flexibility index (Phi) is 4.29. The van der Waals surface area contributed by atoms with Crippen LogP contribution in [0, 0.1) is 6.92 Å². The molecule has 20 heavy (non-hydrogen) atoms. The number of amides is 1. The number of methoxy groups -OCH3 is 1. The molecule has 0 aliphatic heterocycles. The molecule has 0 radical (unpaired) electrons. The van der Waals surface area contributed by atoms with Gasteiger partial charge in [0, 0.05) is 15.8 Å². The molecule has 2 aromatic rings. The molecular weight excluding hydrogens is 320 g/mol. The van der Waals surface area contributed by atoms with Gasteiger partial charge in [-0.2, -0.15) is 0 Å². The topological polar surface area (TPSA) is 64.3 Å². The van der Waals surface area contributed by atoms with Gasteiger partial charge in [0.25, 0.3) is 5.91 Å². The molecular formula is C15H15BrN2O2. The number of rotatable bonds is 3. The van der Waals surface area contributed by atoms with Crippen LogP contribution < -0.4 is 15.8 Å². The molecule has 0 fully saturated rings. The van der Waals surface area contributed by atoms with Gasteiger partial charge in [0.1, 0.15) is 5.75 Å². The summed E-state index contributed by atoms with van der Waals surface area (Å²) in [7, 11) is 1.52. The minimum Gasteiger partial charge on any atom is -0.496 e. The van der Waals surface area contributed by atoms with Gasteiger partial charge in [-0.15, -0.1) is 0 Å². The minimum atomic E-state index is -0.254. The van der Waals surface area contributed by atoms with Crippen LogP contribution in [-0.4, -0.2) is 13.0 Å². The van der Waals surface area contributed by atoms with Crippen molar-refractivity contribution < 1.29 is 9.53 Å². The molecule has 0 atom stereocenters. The highest BCUT2D eigenvalue weighted by atomic mass is 79.9. The van der Waals surface area contributed by atoms with E-state index < -0.39 is 0 Å². The first-order chi connectivity index (χ1) is 9.52. The molecule has 0 aliphatic carbocycles. The van der Waals surface area contributed by atoms with Crippen LogP contribution in [-0.2, 0) is 0 Å². The average molecular weight is 335 g/mol. The van der Waals surface area contributed by atoms with Crippen LogP contribution in [0.25, 0.3) is 0 Å². The van der Waals surface area contributed by atoms with Crippen LogP contribution in [0.1, 0.15) is 15.9 Å². The molecule has 0 saturated carbocycles. The lowest BCUT2D eigenvalue weighted by Crippen LogP contribution is -2.14. The van der Waals surface area contributed by atoms with Crippen molar-refractivity contribution >= 4 is 33.2 Å². The molecule has 2 aromatic carbocycles. The molecule has 1 amide bonds. The van der Waals surface area contributed by atoms with E-state index in [1.807, 2.05) is 25.1 Å². The second kappa shape index (κ2) is 5.96. The van der Waals surface area contributed by atoms with Crippen molar-refractivity contribution in [1.29, 1.82) is 0 Å². The lowest BCUT2D eigenvalue weighted by Gasteiger charge is -2.12. The Labute approximate surface area is 126 Å². The van der Waals surface area contributed by atoms with Gasteiger partial charge in [0.2, 0.25) is 0 Å². The molecule has 0 heterocycles. The number of nitrogens with one attached hydrogen (secondary N) is 1. The zero-order chi connectivity index (χ0) is 14.7. The van der Waals surface area contributed by atoms with Gasteiger partial charge >= 0.3 is 0 Å². The molecule has 0 spiro atoms. The number of nitrogens with two attached hydrogens (primary N) is 1. The maximum Gasteiger partial charge on any atom is 0.259 e. The molecule has 0 bridgehead atoms. The summed E-state index contributed by atoms with van der Waals surface area (Å²) in [6, 6.07) is 10.6. The largest absolute Gasteiger partial charge is 0.496 e.